The summed E-state index contributed by atoms with van der Waals surface area (Å²) < 4.78 is 5.12. The number of hydrogen-bond donors (Lipinski definition) is 2. The lowest BCUT2D eigenvalue weighted by Gasteiger charge is -2.38. The van der Waals surface area contributed by atoms with Gasteiger partial charge in [0.25, 0.3) is 0 Å². The van der Waals surface area contributed by atoms with E-state index in [0.29, 0.717) is 6.04 Å². The molecule has 0 aromatic heterocycles. The predicted octanol–water partition coefficient (Wildman–Crippen LogP) is 2.45. The molecule has 0 spiro atoms. The molecule has 1 fully saturated rings. The molecule has 4 heteroatoms. The normalized spacial score (nSPS) is 25.1. The fraction of sp³-hybridized carbons (Fsp3) is 0.917. The second-order valence-electron chi connectivity index (χ2n) is 5.94. The number of ether oxygens (including phenoxy) is 1. The number of hydrazine groups is 1. The highest BCUT2D eigenvalue weighted by Crippen LogP contribution is 2.33. The molecular formula is C12H24N2O2. The Bertz CT molecular complexity index is 240. The van der Waals surface area contributed by atoms with Crippen molar-refractivity contribution in [2.45, 2.75) is 59.1 Å². The van der Waals surface area contributed by atoms with Crippen molar-refractivity contribution in [3.05, 3.63) is 0 Å². The van der Waals surface area contributed by atoms with E-state index < -0.39 is 11.7 Å². The van der Waals surface area contributed by atoms with Crippen molar-refractivity contribution in [2.75, 3.05) is 0 Å². The van der Waals surface area contributed by atoms with Crippen LogP contribution >= 0.6 is 0 Å². The zero-order valence-electron chi connectivity index (χ0n) is 11.0. The molecule has 1 rings (SSSR count). The van der Waals surface area contributed by atoms with Crippen LogP contribution in [0.25, 0.3) is 0 Å². The summed E-state index contributed by atoms with van der Waals surface area (Å²) in [6, 6.07) is 0.403. The monoisotopic (exact) mass is 228 g/mol. The SMILES string of the molecule is CC(C)C1CC(NNC(=O)OC(C)(C)C)C1. The maximum absolute atomic E-state index is 11.3. The van der Waals surface area contributed by atoms with Gasteiger partial charge in [0.2, 0.25) is 0 Å². The molecule has 0 aromatic carbocycles. The van der Waals surface area contributed by atoms with Gasteiger partial charge < -0.3 is 4.74 Å². The molecule has 0 atom stereocenters. The first-order chi connectivity index (χ1) is 7.28. The molecule has 0 radical (unpaired) electrons. The molecule has 0 saturated heterocycles. The first-order valence-corrected chi connectivity index (χ1v) is 6.02. The van der Waals surface area contributed by atoms with E-state index in [1.165, 1.54) is 0 Å². The maximum Gasteiger partial charge on any atom is 0.422 e. The van der Waals surface area contributed by atoms with Crippen LogP contribution in [0, 0.1) is 11.8 Å². The molecule has 0 bridgehead atoms. The smallest absolute Gasteiger partial charge is 0.422 e. The molecular weight excluding hydrogens is 204 g/mol. The lowest BCUT2D eigenvalue weighted by atomic mass is 9.74. The van der Waals surface area contributed by atoms with Crippen molar-refractivity contribution in [3.8, 4) is 0 Å². The van der Waals surface area contributed by atoms with Crippen molar-refractivity contribution in [1.82, 2.24) is 10.9 Å². The summed E-state index contributed by atoms with van der Waals surface area (Å²) in [6.45, 7) is 10.0. The predicted molar refractivity (Wildman–Crippen MR) is 63.9 cm³/mol. The summed E-state index contributed by atoms with van der Waals surface area (Å²) in [6.07, 6.45) is 1.86. The van der Waals surface area contributed by atoms with Gasteiger partial charge in [-0.15, -0.1) is 0 Å². The van der Waals surface area contributed by atoms with Crippen LogP contribution in [0.4, 0.5) is 4.79 Å². The Morgan fingerprint density at radius 1 is 1.31 bits per heavy atom. The molecule has 0 aliphatic heterocycles. The second-order valence-corrected chi connectivity index (χ2v) is 5.94. The lowest BCUT2D eigenvalue weighted by Crippen LogP contribution is -2.52. The molecule has 1 amide bonds. The molecule has 0 aromatic rings. The van der Waals surface area contributed by atoms with Crippen LogP contribution in [0.1, 0.15) is 47.5 Å². The number of hydrogen-bond acceptors (Lipinski definition) is 3. The van der Waals surface area contributed by atoms with Crippen LogP contribution in [0.15, 0.2) is 0 Å². The topological polar surface area (TPSA) is 50.4 Å². The van der Waals surface area contributed by atoms with E-state index in [0.717, 1.165) is 24.7 Å². The third-order valence-corrected chi connectivity index (χ3v) is 2.89. The molecule has 0 unspecified atom stereocenters. The van der Waals surface area contributed by atoms with Crippen molar-refractivity contribution in [3.63, 3.8) is 0 Å². The van der Waals surface area contributed by atoms with Gasteiger partial charge >= 0.3 is 6.09 Å². The van der Waals surface area contributed by atoms with E-state index >= 15 is 0 Å². The Labute approximate surface area is 98.1 Å². The first-order valence-electron chi connectivity index (χ1n) is 6.02. The van der Waals surface area contributed by atoms with Gasteiger partial charge in [-0.1, -0.05) is 13.8 Å². The summed E-state index contributed by atoms with van der Waals surface area (Å²) in [5.41, 5.74) is 5.15. The number of nitrogens with one attached hydrogen (secondary N) is 2. The first kappa shape index (κ1) is 13.3. The van der Waals surface area contributed by atoms with E-state index in [4.69, 9.17) is 4.74 Å². The Balaban J connectivity index is 2.11. The van der Waals surface area contributed by atoms with Gasteiger partial charge in [-0.05, 0) is 45.4 Å². The van der Waals surface area contributed by atoms with Crippen LogP contribution in [0.5, 0.6) is 0 Å². The Morgan fingerprint density at radius 3 is 2.31 bits per heavy atom. The van der Waals surface area contributed by atoms with Gasteiger partial charge in [0.15, 0.2) is 0 Å². The zero-order valence-corrected chi connectivity index (χ0v) is 11.0. The van der Waals surface area contributed by atoms with Crippen LogP contribution in [-0.4, -0.2) is 17.7 Å². The molecule has 2 N–H and O–H groups in total. The summed E-state index contributed by atoms with van der Waals surface area (Å²) >= 11 is 0. The molecule has 1 saturated carbocycles. The van der Waals surface area contributed by atoms with Crippen molar-refractivity contribution in [1.29, 1.82) is 0 Å². The van der Waals surface area contributed by atoms with E-state index in [1.54, 1.807) is 0 Å². The van der Waals surface area contributed by atoms with E-state index in [1.807, 2.05) is 20.8 Å². The highest BCUT2D eigenvalue weighted by molar-refractivity contribution is 5.67. The van der Waals surface area contributed by atoms with E-state index in [2.05, 4.69) is 24.7 Å². The lowest BCUT2D eigenvalue weighted by molar-refractivity contribution is 0.0451. The molecule has 94 valence electrons. The molecule has 1 aliphatic carbocycles. The largest absolute Gasteiger partial charge is 0.443 e. The molecule has 0 heterocycles. The zero-order chi connectivity index (χ0) is 12.3. The second kappa shape index (κ2) is 5.04. The van der Waals surface area contributed by atoms with Crippen molar-refractivity contribution >= 4 is 6.09 Å². The van der Waals surface area contributed by atoms with Gasteiger partial charge in [-0.2, -0.15) is 0 Å². The fourth-order valence-corrected chi connectivity index (χ4v) is 1.79. The van der Waals surface area contributed by atoms with Crippen LogP contribution in [0.2, 0.25) is 0 Å². The number of carbonyl (C=O) groups is 1. The van der Waals surface area contributed by atoms with Crippen LogP contribution in [0.3, 0.4) is 0 Å². The number of rotatable bonds is 3. The quantitative estimate of drug-likeness (QED) is 0.729. The summed E-state index contributed by atoms with van der Waals surface area (Å²) in [4.78, 5) is 11.3. The standard InChI is InChI=1S/C12H24N2O2/c1-8(2)9-6-10(7-9)13-14-11(15)16-12(3,4)5/h8-10,13H,6-7H2,1-5H3,(H,14,15). The van der Waals surface area contributed by atoms with Gasteiger partial charge in [-0.25, -0.2) is 10.2 Å². The van der Waals surface area contributed by atoms with Gasteiger partial charge in [0, 0.05) is 6.04 Å². The number of amides is 1. The average Bonchev–Trinajstić information content (AvgIpc) is 1.96. The minimum Gasteiger partial charge on any atom is -0.443 e. The van der Waals surface area contributed by atoms with Crippen LogP contribution < -0.4 is 10.9 Å². The highest BCUT2D eigenvalue weighted by Gasteiger charge is 2.31. The minimum absolute atomic E-state index is 0.402. The minimum atomic E-state index is -0.439. The van der Waals surface area contributed by atoms with Crippen molar-refractivity contribution in [2.24, 2.45) is 11.8 Å². The number of carbonyl (C=O) groups excluding carboxylic acids is 1. The van der Waals surface area contributed by atoms with Crippen LogP contribution in [-0.2, 0) is 4.74 Å². The van der Waals surface area contributed by atoms with Gasteiger partial charge in [-0.3, -0.25) is 5.43 Å². The molecule has 16 heavy (non-hydrogen) atoms. The van der Waals surface area contributed by atoms with E-state index in [-0.39, 0.29) is 0 Å². The Kier molecular flexibility index (Phi) is 4.19. The average molecular weight is 228 g/mol. The Hall–Kier alpha value is -0.770. The highest BCUT2D eigenvalue weighted by atomic mass is 16.6. The summed E-state index contributed by atoms with van der Waals surface area (Å²) in [7, 11) is 0. The van der Waals surface area contributed by atoms with Gasteiger partial charge in [0.05, 0.1) is 0 Å². The third-order valence-electron chi connectivity index (χ3n) is 2.89. The summed E-state index contributed by atoms with van der Waals surface area (Å²) in [5.74, 6) is 1.53. The van der Waals surface area contributed by atoms with E-state index in [9.17, 15) is 4.79 Å². The Morgan fingerprint density at radius 2 is 1.88 bits per heavy atom. The van der Waals surface area contributed by atoms with Gasteiger partial charge in [0.1, 0.15) is 5.60 Å². The maximum atomic E-state index is 11.3. The van der Waals surface area contributed by atoms with Crippen molar-refractivity contribution < 1.29 is 9.53 Å². The fourth-order valence-electron chi connectivity index (χ4n) is 1.79. The third kappa shape index (κ3) is 4.39. The molecule has 1 aliphatic rings. The summed E-state index contributed by atoms with van der Waals surface area (Å²) in [5, 5.41) is 0. The molecule has 4 nitrogen and oxygen atoms in total.